The molecule has 2 aromatic heterocycles. The van der Waals surface area contributed by atoms with Crippen LogP contribution in [0.25, 0.3) is 0 Å². The SMILES string of the molecule is Cc1c(CNC(=O)c2cnn3c2N[C@H](c2ccccc2)C[C@@H]3C(F)(F)F)cnn1C. The van der Waals surface area contributed by atoms with E-state index >= 15 is 0 Å². The normalized spacial score (nSPS) is 18.6. The van der Waals surface area contributed by atoms with Gasteiger partial charge < -0.3 is 10.6 Å². The van der Waals surface area contributed by atoms with Gasteiger partial charge in [0.25, 0.3) is 5.91 Å². The summed E-state index contributed by atoms with van der Waals surface area (Å²) >= 11 is 0. The van der Waals surface area contributed by atoms with Crippen molar-refractivity contribution in [3.8, 4) is 0 Å². The summed E-state index contributed by atoms with van der Waals surface area (Å²) < 4.78 is 43.8. The average Bonchev–Trinajstić information content (AvgIpc) is 3.29. The number of benzene rings is 1. The lowest BCUT2D eigenvalue weighted by Crippen LogP contribution is -2.36. The Hall–Kier alpha value is -3.30. The van der Waals surface area contributed by atoms with Crippen LogP contribution in [0.2, 0.25) is 0 Å². The smallest absolute Gasteiger partial charge is 0.363 e. The molecule has 30 heavy (non-hydrogen) atoms. The summed E-state index contributed by atoms with van der Waals surface area (Å²) in [6, 6.07) is 6.47. The zero-order valence-electron chi connectivity index (χ0n) is 16.4. The van der Waals surface area contributed by atoms with Gasteiger partial charge in [-0.15, -0.1) is 0 Å². The Labute approximate surface area is 170 Å². The summed E-state index contributed by atoms with van der Waals surface area (Å²) in [7, 11) is 1.79. The number of rotatable bonds is 4. The van der Waals surface area contributed by atoms with Crippen LogP contribution < -0.4 is 10.6 Å². The van der Waals surface area contributed by atoms with E-state index in [0.717, 1.165) is 21.5 Å². The van der Waals surface area contributed by atoms with Gasteiger partial charge >= 0.3 is 6.18 Å². The second-order valence-electron chi connectivity index (χ2n) is 7.31. The second-order valence-corrected chi connectivity index (χ2v) is 7.31. The van der Waals surface area contributed by atoms with Crippen molar-refractivity contribution >= 4 is 11.7 Å². The third kappa shape index (κ3) is 3.64. The molecule has 2 N–H and O–H groups in total. The Kier molecular flexibility index (Phi) is 5.00. The molecule has 0 radical (unpaired) electrons. The molecule has 0 aliphatic carbocycles. The Morgan fingerprint density at radius 1 is 1.23 bits per heavy atom. The highest BCUT2D eigenvalue weighted by Gasteiger charge is 2.47. The van der Waals surface area contributed by atoms with Gasteiger partial charge in [0.1, 0.15) is 11.4 Å². The molecule has 0 saturated carbocycles. The van der Waals surface area contributed by atoms with Gasteiger partial charge in [-0.3, -0.25) is 9.48 Å². The molecule has 0 saturated heterocycles. The van der Waals surface area contributed by atoms with Gasteiger partial charge in [0.2, 0.25) is 0 Å². The van der Waals surface area contributed by atoms with E-state index in [0.29, 0.717) is 0 Å². The van der Waals surface area contributed by atoms with Crippen LogP contribution in [0.3, 0.4) is 0 Å². The minimum atomic E-state index is -4.49. The summed E-state index contributed by atoms with van der Waals surface area (Å²) in [6.45, 7) is 2.09. The summed E-state index contributed by atoms with van der Waals surface area (Å²) in [4.78, 5) is 12.8. The number of halogens is 3. The number of carbonyl (C=O) groups is 1. The second kappa shape index (κ2) is 7.51. The highest BCUT2D eigenvalue weighted by atomic mass is 19.4. The van der Waals surface area contributed by atoms with Gasteiger partial charge in [0.05, 0.1) is 18.4 Å². The molecule has 10 heteroatoms. The van der Waals surface area contributed by atoms with Crippen LogP contribution in [-0.2, 0) is 13.6 Å². The number of hydrogen-bond donors (Lipinski definition) is 2. The van der Waals surface area contributed by atoms with Gasteiger partial charge in [0.15, 0.2) is 6.04 Å². The summed E-state index contributed by atoms with van der Waals surface area (Å²) in [5.41, 5.74) is 2.52. The standard InChI is InChI=1S/C20H21F3N6O/c1-12-14(10-25-28(12)2)9-24-19(30)15-11-26-29-17(20(21,22)23)8-16(27-18(15)29)13-6-4-3-5-7-13/h3-7,10-11,16-17,27H,8-9H2,1-2H3,(H,24,30)/t16-,17+/m0/s1. The zero-order chi connectivity index (χ0) is 21.5. The molecule has 0 spiro atoms. The third-order valence-electron chi connectivity index (χ3n) is 5.46. The fraction of sp³-hybridized carbons (Fsp3) is 0.350. The summed E-state index contributed by atoms with van der Waals surface area (Å²) in [5, 5.41) is 13.8. The third-order valence-corrected chi connectivity index (χ3v) is 5.46. The van der Waals surface area contributed by atoms with Crippen LogP contribution >= 0.6 is 0 Å². The van der Waals surface area contributed by atoms with Crippen molar-refractivity contribution in [2.75, 3.05) is 5.32 Å². The number of carbonyl (C=O) groups excluding carboxylic acids is 1. The minimum Gasteiger partial charge on any atom is -0.363 e. The molecular weight excluding hydrogens is 397 g/mol. The summed E-state index contributed by atoms with van der Waals surface area (Å²) in [6.07, 6.45) is -1.87. The lowest BCUT2D eigenvalue weighted by Gasteiger charge is -2.34. The van der Waals surface area contributed by atoms with Crippen molar-refractivity contribution in [1.29, 1.82) is 0 Å². The number of alkyl halides is 3. The van der Waals surface area contributed by atoms with Crippen molar-refractivity contribution in [1.82, 2.24) is 24.9 Å². The maximum Gasteiger partial charge on any atom is 0.410 e. The Bertz CT molecular complexity index is 1060. The quantitative estimate of drug-likeness (QED) is 0.680. The predicted molar refractivity (Wildman–Crippen MR) is 104 cm³/mol. The molecule has 0 fully saturated rings. The molecule has 1 amide bonds. The molecule has 0 bridgehead atoms. The van der Waals surface area contributed by atoms with Crippen LogP contribution in [0.15, 0.2) is 42.7 Å². The van der Waals surface area contributed by atoms with E-state index in [4.69, 9.17) is 0 Å². The highest BCUT2D eigenvalue weighted by molar-refractivity contribution is 5.98. The van der Waals surface area contributed by atoms with E-state index in [-0.39, 0.29) is 24.3 Å². The van der Waals surface area contributed by atoms with Gasteiger partial charge in [-0.1, -0.05) is 30.3 Å². The number of aromatic nitrogens is 4. The Morgan fingerprint density at radius 2 is 1.97 bits per heavy atom. The molecule has 158 valence electrons. The van der Waals surface area contributed by atoms with Gasteiger partial charge in [-0.2, -0.15) is 23.4 Å². The largest absolute Gasteiger partial charge is 0.410 e. The lowest BCUT2D eigenvalue weighted by atomic mass is 9.96. The topological polar surface area (TPSA) is 76.8 Å². The molecular formula is C20H21F3N6O. The molecule has 3 heterocycles. The maximum atomic E-state index is 13.7. The molecule has 1 aliphatic heterocycles. The van der Waals surface area contributed by atoms with Crippen molar-refractivity contribution in [3.63, 3.8) is 0 Å². The molecule has 2 atom stereocenters. The number of hydrogen-bond acceptors (Lipinski definition) is 4. The molecule has 7 nitrogen and oxygen atoms in total. The number of amides is 1. The molecule has 4 rings (SSSR count). The molecule has 3 aromatic rings. The van der Waals surface area contributed by atoms with Crippen LogP contribution in [0.5, 0.6) is 0 Å². The van der Waals surface area contributed by atoms with E-state index in [2.05, 4.69) is 20.8 Å². The first-order valence-corrected chi connectivity index (χ1v) is 9.47. The van der Waals surface area contributed by atoms with Crippen LogP contribution in [0.1, 0.15) is 45.7 Å². The Balaban J connectivity index is 1.62. The summed E-state index contributed by atoms with van der Waals surface area (Å²) in [5.74, 6) is -0.431. The fourth-order valence-corrected chi connectivity index (χ4v) is 3.62. The first-order valence-electron chi connectivity index (χ1n) is 9.47. The van der Waals surface area contributed by atoms with Gasteiger partial charge in [-0.25, -0.2) is 4.68 Å². The number of nitrogens with one attached hydrogen (secondary N) is 2. The zero-order valence-corrected chi connectivity index (χ0v) is 16.4. The number of nitrogens with zero attached hydrogens (tertiary/aromatic N) is 4. The van der Waals surface area contributed by atoms with Crippen molar-refractivity contribution in [3.05, 3.63) is 65.1 Å². The van der Waals surface area contributed by atoms with E-state index < -0.39 is 24.2 Å². The van der Waals surface area contributed by atoms with Crippen LogP contribution in [-0.4, -0.2) is 31.6 Å². The van der Waals surface area contributed by atoms with Crippen LogP contribution in [0.4, 0.5) is 19.0 Å². The molecule has 1 aliphatic rings. The van der Waals surface area contributed by atoms with E-state index in [1.807, 2.05) is 6.92 Å². The van der Waals surface area contributed by atoms with Crippen molar-refractivity contribution in [2.45, 2.75) is 38.1 Å². The van der Waals surface area contributed by atoms with Gasteiger partial charge in [-0.05, 0) is 12.5 Å². The fourth-order valence-electron chi connectivity index (χ4n) is 3.62. The number of aryl methyl sites for hydroxylation is 1. The average molecular weight is 418 g/mol. The lowest BCUT2D eigenvalue weighted by molar-refractivity contribution is -0.173. The number of anilines is 1. The van der Waals surface area contributed by atoms with E-state index in [1.165, 1.54) is 6.20 Å². The van der Waals surface area contributed by atoms with E-state index in [1.54, 1.807) is 48.3 Å². The first kappa shape index (κ1) is 20.0. The van der Waals surface area contributed by atoms with Crippen molar-refractivity contribution < 1.29 is 18.0 Å². The van der Waals surface area contributed by atoms with Crippen molar-refractivity contribution in [2.24, 2.45) is 7.05 Å². The highest BCUT2D eigenvalue weighted by Crippen LogP contribution is 2.44. The first-order chi connectivity index (χ1) is 14.3. The molecule has 0 unspecified atom stereocenters. The minimum absolute atomic E-state index is 0.0674. The monoisotopic (exact) mass is 418 g/mol. The molecule has 1 aromatic carbocycles. The van der Waals surface area contributed by atoms with E-state index in [9.17, 15) is 18.0 Å². The Morgan fingerprint density at radius 3 is 2.60 bits per heavy atom. The number of fused-ring (bicyclic) bond motifs is 1. The van der Waals surface area contributed by atoms with Crippen LogP contribution in [0, 0.1) is 6.92 Å². The predicted octanol–water partition coefficient (Wildman–Crippen LogP) is 3.52. The van der Waals surface area contributed by atoms with Gasteiger partial charge in [0, 0.05) is 31.3 Å². The maximum absolute atomic E-state index is 13.7.